The van der Waals surface area contributed by atoms with Gasteiger partial charge in [-0.3, -0.25) is 4.90 Å². The lowest BCUT2D eigenvalue weighted by Crippen LogP contribution is -2.30. The highest BCUT2D eigenvalue weighted by Crippen LogP contribution is 2.17. The minimum atomic E-state index is -4.15. The number of hydrogen-bond acceptors (Lipinski definition) is 1. The van der Waals surface area contributed by atoms with Gasteiger partial charge in [-0.15, -0.1) is 0 Å². The molecular formula is C10H11ClF3N. The minimum Gasteiger partial charge on any atom is -0.294 e. The standard InChI is InChI=1S/C10H11ClF3N/c1-15(7-10(12,13)14)6-8-2-4-9(11)5-3-8/h2-5H,6-7H2,1H3. The second kappa shape index (κ2) is 4.86. The fourth-order valence-corrected chi connectivity index (χ4v) is 1.39. The van der Waals surface area contributed by atoms with Crippen LogP contribution in [0.3, 0.4) is 0 Å². The lowest BCUT2D eigenvalue weighted by Gasteiger charge is -2.18. The molecule has 0 saturated carbocycles. The summed E-state index contributed by atoms with van der Waals surface area (Å²) in [6.45, 7) is -0.647. The van der Waals surface area contributed by atoms with Gasteiger partial charge in [0.1, 0.15) is 0 Å². The van der Waals surface area contributed by atoms with Crippen LogP contribution in [-0.4, -0.2) is 24.7 Å². The van der Waals surface area contributed by atoms with Gasteiger partial charge in [0, 0.05) is 11.6 Å². The van der Waals surface area contributed by atoms with Gasteiger partial charge in [-0.1, -0.05) is 23.7 Å². The number of nitrogens with zero attached hydrogens (tertiary/aromatic N) is 1. The summed E-state index contributed by atoms with van der Waals surface area (Å²) in [7, 11) is 1.43. The third kappa shape index (κ3) is 5.04. The highest BCUT2D eigenvalue weighted by molar-refractivity contribution is 6.30. The van der Waals surface area contributed by atoms with E-state index in [1.807, 2.05) is 0 Å². The molecule has 0 N–H and O–H groups in total. The van der Waals surface area contributed by atoms with Crippen molar-refractivity contribution in [2.45, 2.75) is 12.7 Å². The van der Waals surface area contributed by atoms with Crippen molar-refractivity contribution >= 4 is 11.6 Å². The Morgan fingerprint density at radius 2 is 1.73 bits per heavy atom. The third-order valence-corrected chi connectivity index (χ3v) is 2.07. The Morgan fingerprint density at radius 1 is 1.20 bits per heavy atom. The molecule has 0 saturated heterocycles. The molecule has 1 aromatic rings. The van der Waals surface area contributed by atoms with Crippen LogP contribution in [0.2, 0.25) is 5.02 Å². The molecule has 84 valence electrons. The van der Waals surface area contributed by atoms with Crippen molar-refractivity contribution in [3.05, 3.63) is 34.9 Å². The molecule has 0 aliphatic rings. The highest BCUT2D eigenvalue weighted by atomic mass is 35.5. The monoisotopic (exact) mass is 237 g/mol. The van der Waals surface area contributed by atoms with Crippen LogP contribution < -0.4 is 0 Å². The van der Waals surface area contributed by atoms with Gasteiger partial charge < -0.3 is 0 Å². The maximum atomic E-state index is 12.0. The normalized spacial score (nSPS) is 12.1. The molecule has 1 rings (SSSR count). The van der Waals surface area contributed by atoms with E-state index >= 15 is 0 Å². The smallest absolute Gasteiger partial charge is 0.294 e. The SMILES string of the molecule is CN(Cc1ccc(Cl)cc1)CC(F)(F)F. The van der Waals surface area contributed by atoms with Crippen molar-refractivity contribution in [3.63, 3.8) is 0 Å². The van der Waals surface area contributed by atoms with Crippen LogP contribution in [0.25, 0.3) is 0 Å². The van der Waals surface area contributed by atoms with Gasteiger partial charge in [0.25, 0.3) is 0 Å². The molecule has 0 bridgehead atoms. The van der Waals surface area contributed by atoms with E-state index in [1.165, 1.54) is 11.9 Å². The third-order valence-electron chi connectivity index (χ3n) is 1.81. The van der Waals surface area contributed by atoms with E-state index in [9.17, 15) is 13.2 Å². The fraction of sp³-hybridized carbons (Fsp3) is 0.400. The Balaban J connectivity index is 2.51. The zero-order valence-electron chi connectivity index (χ0n) is 8.18. The molecule has 0 aliphatic carbocycles. The van der Waals surface area contributed by atoms with Crippen LogP contribution in [-0.2, 0) is 6.54 Å². The van der Waals surface area contributed by atoms with Crippen molar-refractivity contribution in [2.24, 2.45) is 0 Å². The predicted octanol–water partition coefficient (Wildman–Crippen LogP) is 3.33. The number of hydrogen-bond donors (Lipinski definition) is 0. The van der Waals surface area contributed by atoms with Crippen molar-refractivity contribution < 1.29 is 13.2 Å². The molecule has 0 aliphatic heterocycles. The second-order valence-electron chi connectivity index (χ2n) is 3.41. The molecule has 0 unspecified atom stereocenters. The second-order valence-corrected chi connectivity index (χ2v) is 3.85. The zero-order chi connectivity index (χ0) is 11.5. The highest BCUT2D eigenvalue weighted by Gasteiger charge is 2.28. The van der Waals surface area contributed by atoms with E-state index in [-0.39, 0.29) is 6.54 Å². The van der Waals surface area contributed by atoms with E-state index in [4.69, 9.17) is 11.6 Å². The molecule has 1 aromatic carbocycles. The molecule has 0 amide bonds. The minimum absolute atomic E-state index is 0.261. The van der Waals surface area contributed by atoms with Crippen LogP contribution in [0.1, 0.15) is 5.56 Å². The summed E-state index contributed by atoms with van der Waals surface area (Å²) in [5.74, 6) is 0. The number of halogens is 4. The first-order chi connectivity index (χ1) is 6.87. The van der Waals surface area contributed by atoms with Gasteiger partial charge in [0.05, 0.1) is 6.54 Å². The Kier molecular flexibility index (Phi) is 3.99. The average molecular weight is 238 g/mol. The van der Waals surface area contributed by atoms with Crippen LogP contribution in [0, 0.1) is 0 Å². The van der Waals surface area contributed by atoms with Crippen LogP contribution in [0.4, 0.5) is 13.2 Å². The maximum Gasteiger partial charge on any atom is 0.401 e. The molecular weight excluding hydrogens is 227 g/mol. The summed E-state index contributed by atoms with van der Waals surface area (Å²) >= 11 is 5.66. The number of rotatable bonds is 3. The lowest BCUT2D eigenvalue weighted by atomic mass is 10.2. The summed E-state index contributed by atoms with van der Waals surface area (Å²) in [4.78, 5) is 1.21. The molecule has 0 spiro atoms. The largest absolute Gasteiger partial charge is 0.401 e. The van der Waals surface area contributed by atoms with Gasteiger partial charge in [-0.2, -0.15) is 13.2 Å². The molecule has 0 fully saturated rings. The van der Waals surface area contributed by atoms with Gasteiger partial charge in [-0.25, -0.2) is 0 Å². The Hall–Kier alpha value is -0.740. The Morgan fingerprint density at radius 3 is 2.20 bits per heavy atom. The van der Waals surface area contributed by atoms with Gasteiger partial charge in [0.2, 0.25) is 0 Å². The van der Waals surface area contributed by atoms with Crippen molar-refractivity contribution in [1.82, 2.24) is 4.90 Å². The summed E-state index contributed by atoms with van der Waals surface area (Å²) in [5, 5.41) is 0.581. The topological polar surface area (TPSA) is 3.24 Å². The maximum absolute atomic E-state index is 12.0. The van der Waals surface area contributed by atoms with E-state index in [0.717, 1.165) is 5.56 Å². The molecule has 0 aromatic heterocycles. The molecule has 15 heavy (non-hydrogen) atoms. The summed E-state index contributed by atoms with van der Waals surface area (Å²) in [6.07, 6.45) is -4.15. The molecule has 0 radical (unpaired) electrons. The number of alkyl halides is 3. The zero-order valence-corrected chi connectivity index (χ0v) is 8.94. The van der Waals surface area contributed by atoms with Crippen LogP contribution in [0.5, 0.6) is 0 Å². The lowest BCUT2D eigenvalue weighted by molar-refractivity contribution is -0.144. The van der Waals surface area contributed by atoms with Crippen molar-refractivity contribution in [3.8, 4) is 0 Å². The van der Waals surface area contributed by atoms with Crippen molar-refractivity contribution in [2.75, 3.05) is 13.6 Å². The Bertz CT molecular complexity index is 307. The summed E-state index contributed by atoms with van der Waals surface area (Å²) in [6, 6.07) is 6.76. The van der Waals surface area contributed by atoms with Gasteiger partial charge >= 0.3 is 6.18 Å². The summed E-state index contributed by atoms with van der Waals surface area (Å²) in [5.41, 5.74) is 0.811. The van der Waals surface area contributed by atoms with Crippen molar-refractivity contribution in [1.29, 1.82) is 0 Å². The van der Waals surface area contributed by atoms with E-state index < -0.39 is 12.7 Å². The molecule has 1 nitrogen and oxygen atoms in total. The molecule has 5 heteroatoms. The fourth-order valence-electron chi connectivity index (χ4n) is 1.26. The van der Waals surface area contributed by atoms with E-state index in [1.54, 1.807) is 24.3 Å². The molecule has 0 atom stereocenters. The van der Waals surface area contributed by atoms with E-state index in [0.29, 0.717) is 5.02 Å². The summed E-state index contributed by atoms with van der Waals surface area (Å²) < 4.78 is 36.0. The molecule has 0 heterocycles. The first kappa shape index (κ1) is 12.3. The first-order valence-electron chi connectivity index (χ1n) is 4.36. The predicted molar refractivity (Wildman–Crippen MR) is 53.8 cm³/mol. The van der Waals surface area contributed by atoms with Crippen LogP contribution in [0.15, 0.2) is 24.3 Å². The quantitative estimate of drug-likeness (QED) is 0.780. The van der Waals surface area contributed by atoms with E-state index in [2.05, 4.69) is 0 Å². The number of benzene rings is 1. The Labute approximate surface area is 91.5 Å². The van der Waals surface area contributed by atoms with Crippen LogP contribution >= 0.6 is 11.6 Å². The first-order valence-corrected chi connectivity index (χ1v) is 4.74. The van der Waals surface area contributed by atoms with Gasteiger partial charge in [-0.05, 0) is 24.7 Å². The average Bonchev–Trinajstić information content (AvgIpc) is 2.05. The van der Waals surface area contributed by atoms with Gasteiger partial charge in [0.15, 0.2) is 0 Å².